The van der Waals surface area contributed by atoms with Gasteiger partial charge in [-0.1, -0.05) is 11.6 Å². The first-order valence-electron chi connectivity index (χ1n) is 8.01. The molecule has 0 aliphatic rings. The van der Waals surface area contributed by atoms with Crippen molar-refractivity contribution in [1.29, 1.82) is 10.5 Å². The normalized spacial score (nSPS) is 10.8. The lowest BCUT2D eigenvalue weighted by molar-refractivity contribution is -0.137. The van der Waals surface area contributed by atoms with Crippen LogP contribution < -0.4 is 16.0 Å². The van der Waals surface area contributed by atoms with Crippen molar-refractivity contribution in [2.45, 2.75) is 19.0 Å². The molecule has 3 N–H and O–H groups in total. The molecule has 0 saturated carbocycles. The topological polar surface area (TPSA) is 115 Å². The number of nitrogens with two attached hydrogens (primary N) is 1. The number of alkyl halides is 3. The minimum atomic E-state index is -4.53. The molecule has 0 fully saturated rings. The quantitative estimate of drug-likeness (QED) is 0.707. The van der Waals surface area contributed by atoms with Crippen LogP contribution in [0.15, 0.2) is 24.5 Å². The van der Waals surface area contributed by atoms with Crippen LogP contribution in [-0.2, 0) is 6.18 Å². The lowest BCUT2D eigenvalue weighted by atomic mass is 10.2. The first-order chi connectivity index (χ1) is 13.3. The third-order valence-electron chi connectivity index (χ3n) is 3.70. The molecule has 2 aromatic rings. The number of hydrogen-bond donors (Lipinski definition) is 2. The second-order valence-corrected chi connectivity index (χ2v) is 5.99. The lowest BCUT2D eigenvalue weighted by Gasteiger charge is -2.23. The van der Waals surface area contributed by atoms with Crippen molar-refractivity contribution in [3.63, 3.8) is 0 Å². The van der Waals surface area contributed by atoms with Gasteiger partial charge in [-0.15, -0.1) is 0 Å². The molecule has 7 nitrogen and oxygen atoms in total. The first kappa shape index (κ1) is 21.1. The van der Waals surface area contributed by atoms with Gasteiger partial charge in [-0.25, -0.2) is 9.97 Å². The molecule has 0 atom stereocenters. The van der Waals surface area contributed by atoms with Crippen LogP contribution >= 0.6 is 11.6 Å². The minimum Gasteiger partial charge on any atom is -0.393 e. The smallest absolute Gasteiger partial charge is 0.393 e. The number of benzene rings is 1. The Hall–Kier alpha value is -3.24. The Bertz CT molecular complexity index is 900. The Morgan fingerprint density at radius 2 is 1.79 bits per heavy atom. The van der Waals surface area contributed by atoms with Gasteiger partial charge >= 0.3 is 6.18 Å². The summed E-state index contributed by atoms with van der Waals surface area (Å²) in [6, 6.07) is 6.84. The van der Waals surface area contributed by atoms with Crippen molar-refractivity contribution < 1.29 is 13.2 Å². The standard InChI is InChI=1S/C17H15ClF3N7/c18-12-4-3-11(17(19,20)21)9-13(12)27-15-14(24)16(26-10-25-15)28(7-1-5-22)8-2-6-23/h3-4,9-10H,1-2,7-8,24H2,(H,25,26,27). The van der Waals surface area contributed by atoms with E-state index in [9.17, 15) is 13.2 Å². The van der Waals surface area contributed by atoms with Crippen LogP contribution in [0.1, 0.15) is 18.4 Å². The third-order valence-corrected chi connectivity index (χ3v) is 4.03. The van der Waals surface area contributed by atoms with Crippen LogP contribution in [0.2, 0.25) is 5.02 Å². The van der Waals surface area contributed by atoms with Crippen molar-refractivity contribution in [3.05, 3.63) is 35.1 Å². The highest BCUT2D eigenvalue weighted by Gasteiger charge is 2.31. The fourth-order valence-corrected chi connectivity index (χ4v) is 2.52. The van der Waals surface area contributed by atoms with Crippen LogP contribution in [0, 0.1) is 22.7 Å². The fraction of sp³-hybridized carbons (Fsp3) is 0.294. The van der Waals surface area contributed by atoms with Crippen molar-refractivity contribution >= 4 is 34.6 Å². The van der Waals surface area contributed by atoms with E-state index in [1.807, 2.05) is 12.1 Å². The van der Waals surface area contributed by atoms with Crippen molar-refractivity contribution in [2.75, 3.05) is 29.0 Å². The molecule has 0 bridgehead atoms. The first-order valence-corrected chi connectivity index (χ1v) is 8.38. The van der Waals surface area contributed by atoms with Crippen LogP contribution in [-0.4, -0.2) is 23.1 Å². The molecule has 1 aromatic carbocycles. The zero-order chi connectivity index (χ0) is 20.7. The van der Waals surface area contributed by atoms with E-state index in [0.717, 1.165) is 18.2 Å². The molecule has 1 heterocycles. The number of nitriles is 2. The number of hydrogen-bond acceptors (Lipinski definition) is 7. The summed E-state index contributed by atoms with van der Waals surface area (Å²) in [6.07, 6.45) is -3.00. The van der Waals surface area contributed by atoms with E-state index in [-0.39, 0.29) is 54.0 Å². The van der Waals surface area contributed by atoms with Crippen molar-refractivity contribution in [2.24, 2.45) is 0 Å². The summed E-state index contributed by atoms with van der Waals surface area (Å²) in [6.45, 7) is 0.562. The molecule has 0 radical (unpaired) electrons. The zero-order valence-corrected chi connectivity index (χ0v) is 15.2. The zero-order valence-electron chi connectivity index (χ0n) is 14.5. The average Bonchev–Trinajstić information content (AvgIpc) is 2.65. The molecule has 28 heavy (non-hydrogen) atoms. The summed E-state index contributed by atoms with van der Waals surface area (Å²) in [4.78, 5) is 9.69. The van der Waals surface area contributed by atoms with E-state index in [2.05, 4.69) is 15.3 Å². The molecule has 146 valence electrons. The van der Waals surface area contributed by atoms with Crippen LogP contribution in [0.3, 0.4) is 0 Å². The van der Waals surface area contributed by atoms with E-state index in [0.29, 0.717) is 0 Å². The molecule has 0 aliphatic carbocycles. The van der Waals surface area contributed by atoms with Gasteiger partial charge in [-0.3, -0.25) is 0 Å². The fourth-order valence-electron chi connectivity index (χ4n) is 2.36. The van der Waals surface area contributed by atoms with Gasteiger partial charge in [0.2, 0.25) is 0 Å². The number of nitrogen functional groups attached to an aromatic ring is 1. The monoisotopic (exact) mass is 409 g/mol. The largest absolute Gasteiger partial charge is 0.416 e. The van der Waals surface area contributed by atoms with Gasteiger partial charge in [0.25, 0.3) is 0 Å². The van der Waals surface area contributed by atoms with Gasteiger partial charge in [-0.2, -0.15) is 23.7 Å². The Balaban J connectivity index is 2.37. The van der Waals surface area contributed by atoms with Crippen LogP contribution in [0.4, 0.5) is 36.2 Å². The van der Waals surface area contributed by atoms with E-state index in [1.54, 1.807) is 4.90 Å². The maximum absolute atomic E-state index is 12.9. The van der Waals surface area contributed by atoms with Gasteiger partial charge in [0.15, 0.2) is 11.6 Å². The minimum absolute atomic E-state index is 0.0200. The van der Waals surface area contributed by atoms with Gasteiger partial charge < -0.3 is 16.0 Å². The van der Waals surface area contributed by atoms with E-state index in [4.69, 9.17) is 27.9 Å². The Morgan fingerprint density at radius 1 is 1.14 bits per heavy atom. The van der Waals surface area contributed by atoms with Crippen LogP contribution in [0.25, 0.3) is 0 Å². The molecule has 0 saturated heterocycles. The number of aromatic nitrogens is 2. The summed E-state index contributed by atoms with van der Waals surface area (Å²) >= 11 is 5.99. The predicted molar refractivity (Wildman–Crippen MR) is 98.9 cm³/mol. The van der Waals surface area contributed by atoms with Gasteiger partial charge in [-0.05, 0) is 18.2 Å². The highest BCUT2D eigenvalue weighted by atomic mass is 35.5. The Kier molecular flexibility index (Phi) is 6.85. The maximum atomic E-state index is 12.9. The molecule has 2 rings (SSSR count). The summed E-state index contributed by atoms with van der Waals surface area (Å²) in [5.74, 6) is 0.330. The average molecular weight is 410 g/mol. The third kappa shape index (κ3) is 5.15. The van der Waals surface area contributed by atoms with Gasteiger partial charge in [0.1, 0.15) is 12.0 Å². The number of nitrogens with one attached hydrogen (secondary N) is 1. The van der Waals surface area contributed by atoms with Crippen molar-refractivity contribution in [1.82, 2.24) is 9.97 Å². The molecular weight excluding hydrogens is 395 g/mol. The summed E-state index contributed by atoms with van der Waals surface area (Å²) in [7, 11) is 0. The molecule has 0 amide bonds. The van der Waals surface area contributed by atoms with E-state index in [1.165, 1.54) is 6.33 Å². The summed E-state index contributed by atoms with van der Waals surface area (Å²) < 4.78 is 38.8. The van der Waals surface area contributed by atoms with E-state index >= 15 is 0 Å². The maximum Gasteiger partial charge on any atom is 0.416 e. The van der Waals surface area contributed by atoms with Crippen LogP contribution in [0.5, 0.6) is 0 Å². The summed E-state index contributed by atoms with van der Waals surface area (Å²) in [5.41, 5.74) is 5.25. The molecule has 1 aromatic heterocycles. The Morgan fingerprint density at radius 3 is 2.36 bits per heavy atom. The number of rotatable bonds is 7. The second-order valence-electron chi connectivity index (χ2n) is 5.58. The van der Waals surface area contributed by atoms with Gasteiger partial charge in [0, 0.05) is 13.1 Å². The molecule has 0 spiro atoms. The highest BCUT2D eigenvalue weighted by Crippen LogP contribution is 2.36. The molecule has 11 heteroatoms. The summed E-state index contributed by atoms with van der Waals surface area (Å²) in [5, 5.41) is 20.4. The number of halogens is 4. The lowest BCUT2D eigenvalue weighted by Crippen LogP contribution is -2.27. The molecular formula is C17H15ClF3N7. The second kappa shape index (κ2) is 9.11. The molecule has 0 unspecified atom stereocenters. The highest BCUT2D eigenvalue weighted by molar-refractivity contribution is 6.33. The number of anilines is 4. The van der Waals surface area contributed by atoms with Crippen molar-refractivity contribution in [3.8, 4) is 12.1 Å². The molecule has 0 aliphatic heterocycles. The number of nitrogens with zero attached hydrogens (tertiary/aromatic N) is 5. The SMILES string of the molecule is N#CCCN(CCC#N)c1ncnc(Nc2cc(C(F)(F)F)ccc2Cl)c1N. The van der Waals surface area contributed by atoms with E-state index < -0.39 is 11.7 Å². The Labute approximate surface area is 164 Å². The van der Waals surface area contributed by atoms with Gasteiger partial charge in [0.05, 0.1) is 41.3 Å². The predicted octanol–water partition coefficient (Wildman–Crippen LogP) is 4.11.